The van der Waals surface area contributed by atoms with Crippen LogP contribution in [0.25, 0.3) is 11.3 Å². The van der Waals surface area contributed by atoms with Gasteiger partial charge in [-0.3, -0.25) is 0 Å². The molecular formula is C21H19ClFNO3. The summed E-state index contributed by atoms with van der Waals surface area (Å²) < 4.78 is 24.7. The summed E-state index contributed by atoms with van der Waals surface area (Å²) in [4.78, 5) is 12.6. The van der Waals surface area contributed by atoms with E-state index in [2.05, 4.69) is 19.0 Å². The number of esters is 1. The maximum Gasteiger partial charge on any atom is 0.344 e. The molecule has 0 amide bonds. The minimum Gasteiger partial charge on any atom is -0.457 e. The number of halogens is 2. The van der Waals surface area contributed by atoms with Gasteiger partial charge in [-0.05, 0) is 36.1 Å². The molecule has 0 atom stereocenters. The first-order chi connectivity index (χ1) is 12.9. The van der Waals surface area contributed by atoms with Gasteiger partial charge in [0.2, 0.25) is 0 Å². The van der Waals surface area contributed by atoms with Crippen LogP contribution in [-0.4, -0.2) is 11.1 Å². The molecule has 4 nitrogen and oxygen atoms in total. The van der Waals surface area contributed by atoms with Gasteiger partial charge in [-0.25, -0.2) is 9.18 Å². The Bertz CT molecular complexity index is 944. The molecule has 0 aliphatic heterocycles. The molecule has 1 aromatic heterocycles. The number of aromatic nitrogens is 1. The van der Waals surface area contributed by atoms with Crippen LogP contribution in [0.1, 0.15) is 47.0 Å². The Hall–Kier alpha value is -2.66. The van der Waals surface area contributed by atoms with Gasteiger partial charge in [0, 0.05) is 0 Å². The molecule has 0 saturated heterocycles. The third-order valence-corrected chi connectivity index (χ3v) is 4.60. The fraction of sp³-hybridized carbons (Fsp3) is 0.238. The Morgan fingerprint density at radius 2 is 1.93 bits per heavy atom. The smallest absolute Gasteiger partial charge is 0.344 e. The number of carbonyl (C=O) groups excluding carboxylic acids is 1. The molecule has 27 heavy (non-hydrogen) atoms. The Labute approximate surface area is 161 Å². The summed E-state index contributed by atoms with van der Waals surface area (Å²) in [7, 11) is 0. The van der Waals surface area contributed by atoms with Gasteiger partial charge in [-0.1, -0.05) is 60.9 Å². The molecule has 6 heteroatoms. The van der Waals surface area contributed by atoms with E-state index in [1.54, 1.807) is 6.92 Å². The number of carbonyl (C=O) groups is 1. The van der Waals surface area contributed by atoms with Crippen molar-refractivity contribution in [3.05, 3.63) is 75.8 Å². The highest BCUT2D eigenvalue weighted by atomic mass is 35.5. The number of hydrogen-bond acceptors (Lipinski definition) is 4. The maximum atomic E-state index is 14.2. The first kappa shape index (κ1) is 19.1. The van der Waals surface area contributed by atoms with Crippen molar-refractivity contribution in [1.82, 2.24) is 5.16 Å². The zero-order valence-corrected chi connectivity index (χ0v) is 16.0. The summed E-state index contributed by atoms with van der Waals surface area (Å²) >= 11 is 6.09. The van der Waals surface area contributed by atoms with Crippen LogP contribution in [0.2, 0.25) is 5.02 Å². The third kappa shape index (κ3) is 4.03. The van der Waals surface area contributed by atoms with E-state index in [4.69, 9.17) is 20.9 Å². The van der Waals surface area contributed by atoms with E-state index in [-0.39, 0.29) is 34.2 Å². The Kier molecular flexibility index (Phi) is 5.61. The number of aryl methyl sites for hydroxylation is 1. The largest absolute Gasteiger partial charge is 0.457 e. The van der Waals surface area contributed by atoms with Crippen molar-refractivity contribution in [2.45, 2.75) is 33.3 Å². The highest BCUT2D eigenvalue weighted by Crippen LogP contribution is 2.33. The van der Waals surface area contributed by atoms with Gasteiger partial charge in [0.15, 0.2) is 0 Å². The molecule has 2 aromatic carbocycles. The maximum absolute atomic E-state index is 14.2. The minimum atomic E-state index is -0.643. The van der Waals surface area contributed by atoms with Gasteiger partial charge in [0.1, 0.15) is 29.4 Å². The molecule has 0 N–H and O–H groups in total. The van der Waals surface area contributed by atoms with E-state index in [0.717, 1.165) is 5.56 Å². The molecule has 0 fully saturated rings. The predicted octanol–water partition coefficient (Wildman–Crippen LogP) is 5.92. The Morgan fingerprint density at radius 1 is 1.22 bits per heavy atom. The third-order valence-electron chi connectivity index (χ3n) is 4.28. The van der Waals surface area contributed by atoms with Crippen LogP contribution >= 0.6 is 11.6 Å². The first-order valence-electron chi connectivity index (χ1n) is 8.55. The van der Waals surface area contributed by atoms with Crippen molar-refractivity contribution in [3.63, 3.8) is 0 Å². The number of rotatable bonds is 5. The molecule has 0 spiro atoms. The monoisotopic (exact) mass is 387 g/mol. The molecule has 3 rings (SSSR count). The average Bonchev–Trinajstić information content (AvgIpc) is 3.01. The molecule has 0 bridgehead atoms. The number of nitrogens with zero attached hydrogens (tertiary/aromatic N) is 1. The van der Waals surface area contributed by atoms with E-state index in [0.29, 0.717) is 5.92 Å². The highest BCUT2D eigenvalue weighted by molar-refractivity contribution is 6.33. The van der Waals surface area contributed by atoms with Gasteiger partial charge in [-0.15, -0.1) is 0 Å². The van der Waals surface area contributed by atoms with Gasteiger partial charge in [0.05, 0.1) is 10.6 Å². The fourth-order valence-electron chi connectivity index (χ4n) is 2.73. The molecule has 0 saturated carbocycles. The lowest BCUT2D eigenvalue weighted by Gasteiger charge is -2.09. The Balaban J connectivity index is 1.83. The molecule has 0 aliphatic rings. The quantitative estimate of drug-likeness (QED) is 0.509. The molecule has 0 unspecified atom stereocenters. The lowest BCUT2D eigenvalue weighted by atomic mass is 10.0. The van der Waals surface area contributed by atoms with E-state index >= 15 is 0 Å². The van der Waals surface area contributed by atoms with Crippen LogP contribution in [0.15, 0.2) is 47.0 Å². The predicted molar refractivity (Wildman–Crippen MR) is 101 cm³/mol. The Morgan fingerprint density at radius 3 is 2.56 bits per heavy atom. The molecule has 0 radical (unpaired) electrons. The number of ether oxygens (including phenoxy) is 1. The standard InChI is InChI=1S/C21H19ClFNO3/c1-12(2)15-9-7-14(8-10-15)11-26-21(25)18-13(3)27-24-20(18)19-16(22)5-4-6-17(19)23/h4-10,12H,11H2,1-3H3. The topological polar surface area (TPSA) is 52.3 Å². The van der Waals surface area contributed by atoms with Crippen LogP contribution in [0.4, 0.5) is 4.39 Å². The lowest BCUT2D eigenvalue weighted by Crippen LogP contribution is -2.08. The van der Waals surface area contributed by atoms with Crippen LogP contribution in [0, 0.1) is 12.7 Å². The summed E-state index contributed by atoms with van der Waals surface area (Å²) in [6.45, 7) is 5.88. The second-order valence-corrected chi connectivity index (χ2v) is 6.94. The van der Waals surface area contributed by atoms with Crippen molar-refractivity contribution in [2.75, 3.05) is 0 Å². The van der Waals surface area contributed by atoms with Gasteiger partial charge in [-0.2, -0.15) is 0 Å². The van der Waals surface area contributed by atoms with E-state index < -0.39 is 11.8 Å². The molecule has 140 valence electrons. The van der Waals surface area contributed by atoms with Crippen molar-refractivity contribution in [3.8, 4) is 11.3 Å². The number of benzene rings is 2. The summed E-state index contributed by atoms with van der Waals surface area (Å²) in [6.07, 6.45) is 0. The molecule has 3 aromatic rings. The molecule has 1 heterocycles. The van der Waals surface area contributed by atoms with Gasteiger partial charge >= 0.3 is 5.97 Å². The minimum absolute atomic E-state index is 0.0178. The summed E-state index contributed by atoms with van der Waals surface area (Å²) in [5.41, 5.74) is 2.18. The van der Waals surface area contributed by atoms with Crippen molar-refractivity contribution < 1.29 is 18.4 Å². The molecular weight excluding hydrogens is 369 g/mol. The van der Waals surface area contributed by atoms with Crippen LogP contribution in [-0.2, 0) is 11.3 Å². The SMILES string of the molecule is Cc1onc(-c2c(F)cccc2Cl)c1C(=O)OCc1ccc(C(C)C)cc1. The van der Waals surface area contributed by atoms with Crippen molar-refractivity contribution >= 4 is 17.6 Å². The number of hydrogen-bond donors (Lipinski definition) is 0. The second-order valence-electron chi connectivity index (χ2n) is 6.53. The first-order valence-corrected chi connectivity index (χ1v) is 8.93. The van der Waals surface area contributed by atoms with E-state index in [1.807, 2.05) is 24.3 Å². The van der Waals surface area contributed by atoms with Crippen molar-refractivity contribution in [2.24, 2.45) is 0 Å². The van der Waals surface area contributed by atoms with E-state index in [1.165, 1.54) is 23.8 Å². The fourth-order valence-corrected chi connectivity index (χ4v) is 2.98. The summed E-state index contributed by atoms with van der Waals surface area (Å²) in [5, 5.41) is 3.95. The van der Waals surface area contributed by atoms with Gasteiger partial charge in [0.25, 0.3) is 0 Å². The lowest BCUT2D eigenvalue weighted by molar-refractivity contribution is 0.0471. The summed E-state index contributed by atoms with van der Waals surface area (Å²) in [6, 6.07) is 12.1. The van der Waals surface area contributed by atoms with Crippen LogP contribution in [0.3, 0.4) is 0 Å². The normalized spacial score (nSPS) is 11.0. The van der Waals surface area contributed by atoms with E-state index in [9.17, 15) is 9.18 Å². The van der Waals surface area contributed by atoms with Crippen molar-refractivity contribution in [1.29, 1.82) is 0 Å². The zero-order chi connectivity index (χ0) is 19.6. The van der Waals surface area contributed by atoms with Crippen LogP contribution < -0.4 is 0 Å². The second kappa shape index (κ2) is 7.92. The van der Waals surface area contributed by atoms with Gasteiger partial charge < -0.3 is 9.26 Å². The zero-order valence-electron chi connectivity index (χ0n) is 15.3. The van der Waals surface area contributed by atoms with Crippen LogP contribution in [0.5, 0.6) is 0 Å². The summed E-state index contributed by atoms with van der Waals surface area (Å²) in [5.74, 6) is -0.566. The highest BCUT2D eigenvalue weighted by Gasteiger charge is 2.26. The molecule has 0 aliphatic carbocycles. The average molecular weight is 388 g/mol.